The molecule has 3 aromatic rings. The van der Waals surface area contributed by atoms with Gasteiger partial charge < -0.3 is 15.5 Å². The Morgan fingerprint density at radius 1 is 1.10 bits per heavy atom. The van der Waals surface area contributed by atoms with E-state index in [1.54, 1.807) is 18.3 Å². The topological polar surface area (TPSA) is 98.2 Å². The van der Waals surface area contributed by atoms with E-state index < -0.39 is 5.91 Å². The monoisotopic (exact) mass is 269 g/mol. The number of amides is 1. The van der Waals surface area contributed by atoms with Crippen LogP contribution >= 0.6 is 0 Å². The summed E-state index contributed by atoms with van der Waals surface area (Å²) in [4.78, 5) is 12.0. The van der Waals surface area contributed by atoms with Crippen molar-refractivity contribution < 1.29 is 15.0 Å². The molecule has 0 fully saturated rings. The van der Waals surface area contributed by atoms with Crippen molar-refractivity contribution in [2.75, 3.05) is 5.32 Å². The predicted octanol–water partition coefficient (Wildman–Crippen LogP) is 2.23. The van der Waals surface area contributed by atoms with Gasteiger partial charge in [0.2, 0.25) is 0 Å². The largest absolute Gasteiger partial charge is 0.508 e. The standard InChI is InChI=1S/C14H11N3O3/c18-11-3-9(4-12(19)6-11)14(20)16-10-2-1-8-7-15-17-13(8)5-10/h1-7,18-19H,(H,15,17)(H,16,20). The lowest BCUT2D eigenvalue weighted by atomic mass is 10.1. The van der Waals surface area contributed by atoms with E-state index in [1.807, 2.05) is 6.07 Å². The fourth-order valence-electron chi connectivity index (χ4n) is 1.94. The van der Waals surface area contributed by atoms with Gasteiger partial charge in [0.25, 0.3) is 5.91 Å². The number of rotatable bonds is 2. The molecule has 0 radical (unpaired) electrons. The first-order chi connectivity index (χ1) is 9.61. The lowest BCUT2D eigenvalue weighted by Gasteiger charge is -2.06. The number of hydrogen-bond acceptors (Lipinski definition) is 4. The zero-order valence-electron chi connectivity index (χ0n) is 10.3. The van der Waals surface area contributed by atoms with Gasteiger partial charge in [-0.1, -0.05) is 0 Å². The number of fused-ring (bicyclic) bond motifs is 1. The molecule has 1 aromatic heterocycles. The summed E-state index contributed by atoms with van der Waals surface area (Å²) in [5.41, 5.74) is 1.57. The highest BCUT2D eigenvalue weighted by Gasteiger charge is 2.09. The van der Waals surface area contributed by atoms with Crippen LogP contribution in [0.15, 0.2) is 42.6 Å². The molecule has 0 spiro atoms. The van der Waals surface area contributed by atoms with Gasteiger partial charge in [0, 0.05) is 22.7 Å². The number of benzene rings is 2. The summed E-state index contributed by atoms with van der Waals surface area (Å²) < 4.78 is 0. The molecule has 2 aromatic carbocycles. The van der Waals surface area contributed by atoms with Crippen LogP contribution in [0.25, 0.3) is 10.9 Å². The van der Waals surface area contributed by atoms with Crippen molar-refractivity contribution >= 4 is 22.5 Å². The molecule has 0 aliphatic heterocycles. The molecule has 3 rings (SSSR count). The first kappa shape index (κ1) is 12.0. The van der Waals surface area contributed by atoms with Crippen molar-refractivity contribution in [3.8, 4) is 11.5 Å². The summed E-state index contributed by atoms with van der Waals surface area (Å²) >= 11 is 0. The Balaban J connectivity index is 1.87. The van der Waals surface area contributed by atoms with Gasteiger partial charge in [-0.05, 0) is 30.3 Å². The minimum absolute atomic E-state index is 0.167. The Kier molecular flexibility index (Phi) is 2.76. The van der Waals surface area contributed by atoms with Crippen LogP contribution in [-0.4, -0.2) is 26.3 Å². The molecule has 0 saturated carbocycles. The summed E-state index contributed by atoms with van der Waals surface area (Å²) in [6, 6.07) is 9.05. The molecule has 6 heteroatoms. The van der Waals surface area contributed by atoms with E-state index in [9.17, 15) is 15.0 Å². The molecule has 0 aliphatic carbocycles. The molecule has 100 valence electrons. The van der Waals surface area contributed by atoms with Crippen LogP contribution in [0, 0.1) is 0 Å². The Morgan fingerprint density at radius 3 is 2.60 bits per heavy atom. The third kappa shape index (κ3) is 2.26. The predicted molar refractivity (Wildman–Crippen MR) is 73.8 cm³/mol. The fraction of sp³-hybridized carbons (Fsp3) is 0. The second kappa shape index (κ2) is 4.58. The van der Waals surface area contributed by atoms with Gasteiger partial charge in [0.05, 0.1) is 11.7 Å². The van der Waals surface area contributed by atoms with Crippen LogP contribution < -0.4 is 5.32 Å². The van der Waals surface area contributed by atoms with Gasteiger partial charge >= 0.3 is 0 Å². The molecular formula is C14H11N3O3. The second-order valence-electron chi connectivity index (χ2n) is 4.36. The van der Waals surface area contributed by atoms with E-state index in [-0.39, 0.29) is 17.1 Å². The molecule has 1 amide bonds. The number of carbonyl (C=O) groups excluding carboxylic acids is 1. The Labute approximate surface area is 113 Å². The van der Waals surface area contributed by atoms with Crippen LogP contribution in [0.4, 0.5) is 5.69 Å². The average Bonchev–Trinajstić information content (AvgIpc) is 2.85. The average molecular weight is 269 g/mol. The third-order valence-electron chi connectivity index (χ3n) is 2.86. The van der Waals surface area contributed by atoms with Gasteiger partial charge in [-0.2, -0.15) is 5.10 Å². The first-order valence-electron chi connectivity index (χ1n) is 5.89. The number of aromatic hydroxyl groups is 2. The van der Waals surface area contributed by atoms with Crippen LogP contribution in [0.1, 0.15) is 10.4 Å². The van der Waals surface area contributed by atoms with Crippen LogP contribution in [-0.2, 0) is 0 Å². The molecule has 0 bridgehead atoms. The maximum absolute atomic E-state index is 12.0. The number of carbonyl (C=O) groups is 1. The normalized spacial score (nSPS) is 10.6. The smallest absolute Gasteiger partial charge is 0.255 e. The van der Waals surface area contributed by atoms with Crippen LogP contribution in [0.3, 0.4) is 0 Å². The molecule has 0 aliphatic rings. The summed E-state index contributed by atoms with van der Waals surface area (Å²) in [7, 11) is 0. The van der Waals surface area contributed by atoms with Crippen molar-refractivity contribution in [2.24, 2.45) is 0 Å². The van der Waals surface area contributed by atoms with E-state index in [1.165, 1.54) is 12.1 Å². The Bertz CT molecular complexity index is 775. The highest BCUT2D eigenvalue weighted by atomic mass is 16.3. The fourth-order valence-corrected chi connectivity index (χ4v) is 1.94. The molecule has 6 nitrogen and oxygen atoms in total. The second-order valence-corrected chi connectivity index (χ2v) is 4.36. The van der Waals surface area contributed by atoms with Crippen molar-refractivity contribution in [3.05, 3.63) is 48.2 Å². The lowest BCUT2D eigenvalue weighted by Crippen LogP contribution is -2.11. The molecular weight excluding hydrogens is 258 g/mol. The summed E-state index contributed by atoms with van der Waals surface area (Å²) in [6.45, 7) is 0. The molecule has 1 heterocycles. The molecule has 0 saturated heterocycles. The van der Waals surface area contributed by atoms with Crippen LogP contribution in [0.5, 0.6) is 11.5 Å². The number of H-pyrrole nitrogens is 1. The van der Waals surface area contributed by atoms with Crippen molar-refractivity contribution in [2.45, 2.75) is 0 Å². The number of nitrogens with one attached hydrogen (secondary N) is 2. The zero-order chi connectivity index (χ0) is 14.1. The minimum atomic E-state index is -0.421. The van der Waals surface area contributed by atoms with Crippen molar-refractivity contribution in [1.29, 1.82) is 0 Å². The Hall–Kier alpha value is -3.02. The maximum atomic E-state index is 12.0. The highest BCUT2D eigenvalue weighted by molar-refractivity contribution is 6.05. The summed E-state index contributed by atoms with van der Waals surface area (Å²) in [5.74, 6) is -0.756. The van der Waals surface area contributed by atoms with E-state index in [4.69, 9.17) is 0 Å². The minimum Gasteiger partial charge on any atom is -0.508 e. The SMILES string of the molecule is O=C(Nc1ccc2cn[nH]c2c1)c1cc(O)cc(O)c1. The lowest BCUT2D eigenvalue weighted by molar-refractivity contribution is 0.102. The van der Waals surface area contributed by atoms with E-state index in [0.29, 0.717) is 5.69 Å². The molecule has 0 atom stereocenters. The molecule has 0 unspecified atom stereocenters. The first-order valence-corrected chi connectivity index (χ1v) is 5.89. The van der Waals surface area contributed by atoms with Crippen molar-refractivity contribution in [3.63, 3.8) is 0 Å². The van der Waals surface area contributed by atoms with Gasteiger partial charge in [0.1, 0.15) is 11.5 Å². The van der Waals surface area contributed by atoms with E-state index >= 15 is 0 Å². The Morgan fingerprint density at radius 2 is 1.85 bits per heavy atom. The van der Waals surface area contributed by atoms with Gasteiger partial charge in [-0.25, -0.2) is 0 Å². The number of phenolic OH excluding ortho intramolecular Hbond substituents is 2. The van der Waals surface area contributed by atoms with Gasteiger partial charge in [0.15, 0.2) is 0 Å². The highest BCUT2D eigenvalue weighted by Crippen LogP contribution is 2.22. The quantitative estimate of drug-likeness (QED) is 0.573. The zero-order valence-corrected chi connectivity index (χ0v) is 10.3. The number of nitrogens with zero attached hydrogens (tertiary/aromatic N) is 1. The van der Waals surface area contributed by atoms with E-state index in [2.05, 4.69) is 15.5 Å². The van der Waals surface area contributed by atoms with E-state index in [0.717, 1.165) is 17.0 Å². The van der Waals surface area contributed by atoms with Gasteiger partial charge in [-0.15, -0.1) is 0 Å². The number of phenols is 2. The van der Waals surface area contributed by atoms with Crippen LogP contribution in [0.2, 0.25) is 0 Å². The number of aromatic amines is 1. The molecule has 4 N–H and O–H groups in total. The number of aromatic nitrogens is 2. The van der Waals surface area contributed by atoms with Crippen molar-refractivity contribution in [1.82, 2.24) is 10.2 Å². The number of anilines is 1. The maximum Gasteiger partial charge on any atom is 0.255 e. The number of hydrogen-bond donors (Lipinski definition) is 4. The third-order valence-corrected chi connectivity index (χ3v) is 2.86. The summed E-state index contributed by atoms with van der Waals surface area (Å²) in [5, 5.41) is 29.1. The molecule has 20 heavy (non-hydrogen) atoms. The summed E-state index contributed by atoms with van der Waals surface area (Å²) in [6.07, 6.45) is 1.69. The van der Waals surface area contributed by atoms with Gasteiger partial charge in [-0.3, -0.25) is 9.89 Å².